The number of carbonyl (C=O) groups is 1. The number of methoxy groups -OCH3 is 1. The average Bonchev–Trinajstić information content (AvgIpc) is 2.74. The van der Waals surface area contributed by atoms with Crippen LogP contribution in [0.3, 0.4) is 0 Å². The molecule has 0 saturated heterocycles. The molecule has 3 rings (SSSR count). The maximum absolute atomic E-state index is 12.9. The molecule has 2 N–H and O–H groups in total. The summed E-state index contributed by atoms with van der Waals surface area (Å²) in [4.78, 5) is 29.2. The molecule has 0 radical (unpaired) electrons. The van der Waals surface area contributed by atoms with Gasteiger partial charge in [-0.25, -0.2) is 4.79 Å². The topological polar surface area (TPSA) is 102 Å². The van der Waals surface area contributed by atoms with Gasteiger partial charge in [-0.2, -0.15) is 4.98 Å². The van der Waals surface area contributed by atoms with Crippen molar-refractivity contribution in [3.05, 3.63) is 68.5 Å². The summed E-state index contributed by atoms with van der Waals surface area (Å²) in [6.07, 6.45) is 2.46. The number of aliphatic hydroxyl groups is 1. The van der Waals surface area contributed by atoms with Crippen LogP contribution in [0.4, 0.5) is 0 Å². The number of benzene rings is 1. The third-order valence-corrected chi connectivity index (χ3v) is 5.63. The highest BCUT2D eigenvalue weighted by Gasteiger charge is 2.23. The first kappa shape index (κ1) is 22.8. The van der Waals surface area contributed by atoms with Gasteiger partial charge in [-0.3, -0.25) is 4.79 Å². The van der Waals surface area contributed by atoms with E-state index >= 15 is 0 Å². The quantitative estimate of drug-likeness (QED) is 0.549. The van der Waals surface area contributed by atoms with E-state index in [-0.39, 0.29) is 29.1 Å². The fraction of sp³-hybridized carbons (Fsp3) is 0.348. The molecule has 7 nitrogen and oxygen atoms in total. The SMILES string of the molecule is COc1nc2c(cc1CCc1ccc(Cl)cc1)c(=O)c(C(=O)O)cn2[C@H](CO)C(C)C. The normalized spacial score (nSPS) is 12.3. The molecule has 0 aliphatic carbocycles. The number of carboxylic acids is 1. The van der Waals surface area contributed by atoms with E-state index in [1.54, 1.807) is 10.6 Å². The lowest BCUT2D eigenvalue weighted by Crippen LogP contribution is -2.26. The lowest BCUT2D eigenvalue weighted by atomic mass is 10.0. The maximum atomic E-state index is 12.9. The van der Waals surface area contributed by atoms with Gasteiger partial charge in [-0.05, 0) is 42.5 Å². The summed E-state index contributed by atoms with van der Waals surface area (Å²) in [5.41, 5.74) is 1.07. The van der Waals surface area contributed by atoms with Gasteiger partial charge >= 0.3 is 5.97 Å². The Bertz CT molecular complexity index is 1160. The van der Waals surface area contributed by atoms with Gasteiger partial charge in [0.1, 0.15) is 11.2 Å². The molecule has 31 heavy (non-hydrogen) atoms. The van der Waals surface area contributed by atoms with Gasteiger partial charge in [0.25, 0.3) is 0 Å². The van der Waals surface area contributed by atoms with Gasteiger partial charge in [-0.1, -0.05) is 37.6 Å². The zero-order chi connectivity index (χ0) is 22.7. The summed E-state index contributed by atoms with van der Waals surface area (Å²) in [7, 11) is 1.50. The van der Waals surface area contributed by atoms with Crippen LogP contribution in [-0.4, -0.2) is 39.5 Å². The smallest absolute Gasteiger partial charge is 0.341 e. The minimum absolute atomic E-state index is 0.0188. The van der Waals surface area contributed by atoms with Gasteiger partial charge in [-0.15, -0.1) is 0 Å². The van der Waals surface area contributed by atoms with Crippen molar-refractivity contribution in [1.82, 2.24) is 9.55 Å². The number of rotatable bonds is 8. The van der Waals surface area contributed by atoms with Crippen LogP contribution >= 0.6 is 11.6 Å². The van der Waals surface area contributed by atoms with Crippen molar-refractivity contribution in [3.8, 4) is 5.88 Å². The molecule has 164 valence electrons. The summed E-state index contributed by atoms with van der Waals surface area (Å²) in [5.74, 6) is -0.979. The second-order valence-electron chi connectivity index (χ2n) is 7.73. The molecule has 1 aromatic carbocycles. The standard InChI is InChI=1S/C23H25ClN2O5/c1-13(2)19(12-27)26-11-18(23(29)30)20(28)17-10-15(22(31-3)25-21(17)26)7-4-14-5-8-16(24)9-6-14/h5-6,8-11,13,19,27H,4,7,12H2,1-3H3,(H,29,30)/t19-/m1/s1. The number of hydrogen-bond acceptors (Lipinski definition) is 5. The highest BCUT2D eigenvalue weighted by Crippen LogP contribution is 2.27. The zero-order valence-electron chi connectivity index (χ0n) is 17.6. The number of aryl methyl sites for hydroxylation is 2. The average molecular weight is 445 g/mol. The number of fused-ring (bicyclic) bond motifs is 1. The van der Waals surface area contributed by atoms with Crippen molar-refractivity contribution in [2.24, 2.45) is 5.92 Å². The first-order valence-electron chi connectivity index (χ1n) is 9.98. The first-order chi connectivity index (χ1) is 14.8. The predicted molar refractivity (Wildman–Crippen MR) is 119 cm³/mol. The second-order valence-corrected chi connectivity index (χ2v) is 8.17. The summed E-state index contributed by atoms with van der Waals surface area (Å²) in [5, 5.41) is 20.3. The number of aliphatic hydroxyl groups excluding tert-OH is 1. The van der Waals surface area contributed by atoms with Crippen LogP contribution in [-0.2, 0) is 12.8 Å². The second kappa shape index (κ2) is 9.49. The molecule has 2 heterocycles. The Hall–Kier alpha value is -2.90. The Morgan fingerprint density at radius 3 is 2.45 bits per heavy atom. The zero-order valence-corrected chi connectivity index (χ0v) is 18.4. The molecule has 0 spiro atoms. The van der Waals surface area contributed by atoms with E-state index in [9.17, 15) is 19.8 Å². The van der Waals surface area contributed by atoms with Gasteiger partial charge < -0.3 is 19.5 Å². The van der Waals surface area contributed by atoms with Gasteiger partial charge in [0.15, 0.2) is 0 Å². The fourth-order valence-corrected chi connectivity index (χ4v) is 3.73. The Morgan fingerprint density at radius 2 is 1.90 bits per heavy atom. The van der Waals surface area contributed by atoms with Crippen LogP contribution < -0.4 is 10.2 Å². The molecule has 0 fully saturated rings. The molecule has 0 amide bonds. The predicted octanol–water partition coefficient (Wildman–Crippen LogP) is 3.73. The van der Waals surface area contributed by atoms with E-state index < -0.39 is 17.4 Å². The number of aromatic nitrogens is 2. The summed E-state index contributed by atoms with van der Waals surface area (Å²) >= 11 is 5.94. The number of aromatic carboxylic acids is 1. The van der Waals surface area contributed by atoms with Crippen molar-refractivity contribution in [3.63, 3.8) is 0 Å². The molecule has 0 aliphatic rings. The van der Waals surface area contributed by atoms with E-state index in [0.717, 1.165) is 5.56 Å². The summed E-state index contributed by atoms with van der Waals surface area (Å²) in [6.45, 7) is 3.59. The molecule has 0 aliphatic heterocycles. The van der Waals surface area contributed by atoms with Gasteiger partial charge in [0, 0.05) is 16.8 Å². The highest BCUT2D eigenvalue weighted by atomic mass is 35.5. The van der Waals surface area contributed by atoms with Crippen molar-refractivity contribution < 1.29 is 19.7 Å². The van der Waals surface area contributed by atoms with E-state index in [4.69, 9.17) is 16.3 Å². The van der Waals surface area contributed by atoms with Crippen molar-refractivity contribution in [2.75, 3.05) is 13.7 Å². The minimum atomic E-state index is -1.32. The third-order valence-electron chi connectivity index (χ3n) is 5.38. The van der Waals surface area contributed by atoms with Crippen LogP contribution in [0.5, 0.6) is 5.88 Å². The number of pyridine rings is 2. The Morgan fingerprint density at radius 1 is 1.23 bits per heavy atom. The van der Waals surface area contributed by atoms with E-state index in [0.29, 0.717) is 29.3 Å². The van der Waals surface area contributed by atoms with Crippen LogP contribution in [0, 0.1) is 5.92 Å². The first-order valence-corrected chi connectivity index (χ1v) is 10.4. The number of halogens is 1. The maximum Gasteiger partial charge on any atom is 0.341 e. The van der Waals surface area contributed by atoms with E-state index in [1.807, 2.05) is 38.1 Å². The van der Waals surface area contributed by atoms with Gasteiger partial charge in [0.05, 0.1) is 25.1 Å². The molecule has 0 unspecified atom stereocenters. The Balaban J connectivity index is 2.17. The number of carboxylic acid groups (broad SMARTS) is 1. The summed E-state index contributed by atoms with van der Waals surface area (Å²) < 4.78 is 7.05. The van der Waals surface area contributed by atoms with E-state index in [1.165, 1.54) is 13.3 Å². The highest BCUT2D eigenvalue weighted by molar-refractivity contribution is 6.30. The molecule has 1 atom stereocenters. The molecular formula is C23H25ClN2O5. The number of nitrogens with zero attached hydrogens (tertiary/aromatic N) is 2. The third kappa shape index (κ3) is 4.73. The lowest BCUT2D eigenvalue weighted by Gasteiger charge is -2.24. The lowest BCUT2D eigenvalue weighted by molar-refractivity contribution is 0.0694. The van der Waals surface area contributed by atoms with Crippen LogP contribution in [0.2, 0.25) is 5.02 Å². The molecule has 0 saturated carbocycles. The van der Waals surface area contributed by atoms with Crippen molar-refractivity contribution >= 4 is 28.6 Å². The Kier molecular flexibility index (Phi) is 6.97. The van der Waals surface area contributed by atoms with Crippen LogP contribution in [0.1, 0.15) is 41.4 Å². The molecule has 0 bridgehead atoms. The van der Waals surface area contributed by atoms with Crippen LogP contribution in [0.15, 0.2) is 41.3 Å². The minimum Gasteiger partial charge on any atom is -0.481 e. The van der Waals surface area contributed by atoms with Crippen molar-refractivity contribution in [2.45, 2.75) is 32.7 Å². The molecule has 8 heteroatoms. The van der Waals surface area contributed by atoms with Crippen LogP contribution in [0.25, 0.3) is 11.0 Å². The van der Waals surface area contributed by atoms with E-state index in [2.05, 4.69) is 4.98 Å². The number of hydrogen-bond donors (Lipinski definition) is 2. The molecular weight excluding hydrogens is 420 g/mol. The number of ether oxygens (including phenoxy) is 1. The van der Waals surface area contributed by atoms with Gasteiger partial charge in [0.2, 0.25) is 11.3 Å². The monoisotopic (exact) mass is 444 g/mol. The summed E-state index contributed by atoms with van der Waals surface area (Å²) in [6, 6.07) is 8.67. The molecule has 3 aromatic rings. The largest absolute Gasteiger partial charge is 0.481 e. The van der Waals surface area contributed by atoms with Crippen molar-refractivity contribution in [1.29, 1.82) is 0 Å². The Labute approximate surface area is 184 Å². The fourth-order valence-electron chi connectivity index (χ4n) is 3.61. The molecule has 2 aromatic heterocycles.